The zero-order valence-corrected chi connectivity index (χ0v) is 16.9. The van der Waals surface area contributed by atoms with Crippen LogP contribution in [0.4, 0.5) is 0 Å². The number of aryl methyl sites for hydroxylation is 2. The van der Waals surface area contributed by atoms with Crippen molar-refractivity contribution in [1.82, 2.24) is 15.5 Å². The van der Waals surface area contributed by atoms with Gasteiger partial charge in [-0.3, -0.25) is 4.79 Å². The van der Waals surface area contributed by atoms with Gasteiger partial charge < -0.3 is 19.3 Å². The maximum atomic E-state index is 12.1. The number of amides is 1. The van der Waals surface area contributed by atoms with Crippen LogP contribution in [0.5, 0.6) is 11.5 Å². The summed E-state index contributed by atoms with van der Waals surface area (Å²) in [6, 6.07) is 13.6. The molecule has 0 aliphatic carbocycles. The molecule has 2 aromatic carbocycles. The molecular weight excluding hydrogens is 370 g/mol. The first kappa shape index (κ1) is 20.4. The highest BCUT2D eigenvalue weighted by Gasteiger charge is 2.13. The number of aromatic nitrogens is 2. The van der Waals surface area contributed by atoms with Crippen molar-refractivity contribution in [2.24, 2.45) is 0 Å². The molecule has 0 aliphatic heterocycles. The van der Waals surface area contributed by atoms with Crippen LogP contribution in [0.2, 0.25) is 0 Å². The first-order chi connectivity index (χ1) is 14.1. The number of nitrogens with zero attached hydrogens (tertiary/aromatic N) is 2. The van der Waals surface area contributed by atoms with Crippen molar-refractivity contribution in [2.45, 2.75) is 26.2 Å². The van der Waals surface area contributed by atoms with Gasteiger partial charge in [0.25, 0.3) is 0 Å². The van der Waals surface area contributed by atoms with E-state index in [1.165, 1.54) is 11.1 Å². The van der Waals surface area contributed by atoms with Crippen molar-refractivity contribution in [3.8, 4) is 22.9 Å². The maximum absolute atomic E-state index is 12.1. The van der Waals surface area contributed by atoms with Gasteiger partial charge in [-0.15, -0.1) is 0 Å². The van der Waals surface area contributed by atoms with E-state index in [9.17, 15) is 4.79 Å². The number of carbonyl (C=O) groups excluding carboxylic acids is 1. The molecule has 0 unspecified atom stereocenters. The number of hydrogen-bond donors (Lipinski definition) is 1. The Bertz CT molecular complexity index is 968. The first-order valence-corrected chi connectivity index (χ1v) is 9.47. The summed E-state index contributed by atoms with van der Waals surface area (Å²) in [6.45, 7) is 2.67. The molecule has 1 amide bonds. The monoisotopic (exact) mass is 395 g/mol. The summed E-state index contributed by atoms with van der Waals surface area (Å²) < 4.78 is 15.8. The van der Waals surface area contributed by atoms with Crippen molar-refractivity contribution in [1.29, 1.82) is 0 Å². The Balaban J connectivity index is 1.50. The highest BCUT2D eigenvalue weighted by Crippen LogP contribution is 2.31. The Morgan fingerprint density at radius 2 is 1.86 bits per heavy atom. The van der Waals surface area contributed by atoms with Gasteiger partial charge in [0.2, 0.25) is 17.6 Å². The number of nitrogens with one attached hydrogen (secondary N) is 1. The van der Waals surface area contributed by atoms with Crippen molar-refractivity contribution in [2.75, 3.05) is 20.8 Å². The Morgan fingerprint density at radius 3 is 2.62 bits per heavy atom. The molecule has 152 valence electrons. The standard InChI is InChI=1S/C22H25N3O4/c1-15-6-4-5-7-16(15)12-13-23-20(26)10-11-21-24-22(25-29-21)17-8-9-18(27-2)19(14-17)28-3/h4-9,14H,10-13H2,1-3H3,(H,23,26). The van der Waals surface area contributed by atoms with E-state index in [0.717, 1.165) is 12.0 Å². The van der Waals surface area contributed by atoms with E-state index >= 15 is 0 Å². The van der Waals surface area contributed by atoms with Gasteiger partial charge in [0.05, 0.1) is 14.2 Å². The summed E-state index contributed by atoms with van der Waals surface area (Å²) in [5.74, 6) is 2.04. The maximum Gasteiger partial charge on any atom is 0.227 e. The number of methoxy groups -OCH3 is 2. The molecule has 0 radical (unpaired) electrons. The molecule has 0 saturated carbocycles. The lowest BCUT2D eigenvalue weighted by molar-refractivity contribution is -0.121. The van der Waals surface area contributed by atoms with Gasteiger partial charge in [-0.05, 0) is 42.7 Å². The van der Waals surface area contributed by atoms with Gasteiger partial charge in [0, 0.05) is 24.9 Å². The largest absolute Gasteiger partial charge is 0.493 e. The summed E-state index contributed by atoms with van der Waals surface area (Å²) in [5, 5.41) is 6.93. The highest BCUT2D eigenvalue weighted by molar-refractivity contribution is 5.76. The third-order valence-corrected chi connectivity index (χ3v) is 4.65. The lowest BCUT2D eigenvalue weighted by Gasteiger charge is -2.07. The molecule has 1 aromatic heterocycles. The normalized spacial score (nSPS) is 10.6. The third kappa shape index (κ3) is 5.34. The summed E-state index contributed by atoms with van der Waals surface area (Å²) in [6.07, 6.45) is 1.49. The average Bonchev–Trinajstić information content (AvgIpc) is 3.22. The second kappa shape index (κ2) is 9.73. The minimum absolute atomic E-state index is 0.0375. The molecule has 3 aromatic rings. The predicted molar refractivity (Wildman–Crippen MR) is 109 cm³/mol. The van der Waals surface area contributed by atoms with Gasteiger partial charge in [-0.1, -0.05) is 29.4 Å². The fourth-order valence-electron chi connectivity index (χ4n) is 2.99. The lowest BCUT2D eigenvalue weighted by atomic mass is 10.1. The molecule has 0 atom stereocenters. The molecule has 0 fully saturated rings. The van der Waals surface area contributed by atoms with Gasteiger partial charge >= 0.3 is 0 Å². The van der Waals surface area contributed by atoms with E-state index < -0.39 is 0 Å². The van der Waals surface area contributed by atoms with E-state index in [1.54, 1.807) is 26.4 Å². The van der Waals surface area contributed by atoms with Crippen LogP contribution in [0, 0.1) is 6.92 Å². The minimum Gasteiger partial charge on any atom is -0.493 e. The van der Waals surface area contributed by atoms with Crippen molar-refractivity contribution in [3.05, 3.63) is 59.5 Å². The van der Waals surface area contributed by atoms with E-state index in [0.29, 0.717) is 42.6 Å². The molecule has 0 bridgehead atoms. The zero-order valence-electron chi connectivity index (χ0n) is 16.9. The second-order valence-electron chi connectivity index (χ2n) is 6.61. The molecule has 1 N–H and O–H groups in total. The Hall–Kier alpha value is -3.35. The van der Waals surface area contributed by atoms with Crippen LogP contribution in [0.3, 0.4) is 0 Å². The molecular formula is C22H25N3O4. The molecule has 0 spiro atoms. The molecule has 0 saturated heterocycles. The van der Waals surface area contributed by atoms with E-state index in [4.69, 9.17) is 14.0 Å². The van der Waals surface area contributed by atoms with Crippen LogP contribution in [-0.4, -0.2) is 36.8 Å². The van der Waals surface area contributed by atoms with Crippen LogP contribution in [0.15, 0.2) is 47.0 Å². The van der Waals surface area contributed by atoms with E-state index in [1.807, 2.05) is 18.2 Å². The molecule has 0 aliphatic rings. The molecule has 3 rings (SSSR count). The van der Waals surface area contributed by atoms with Crippen LogP contribution in [0.25, 0.3) is 11.4 Å². The van der Waals surface area contributed by atoms with Crippen LogP contribution >= 0.6 is 0 Å². The summed E-state index contributed by atoms with van der Waals surface area (Å²) in [4.78, 5) is 16.5. The van der Waals surface area contributed by atoms with Crippen LogP contribution in [0.1, 0.15) is 23.4 Å². The quantitative estimate of drug-likeness (QED) is 0.598. The molecule has 29 heavy (non-hydrogen) atoms. The lowest BCUT2D eigenvalue weighted by Crippen LogP contribution is -2.26. The zero-order chi connectivity index (χ0) is 20.6. The van der Waals surface area contributed by atoms with Crippen molar-refractivity contribution < 1.29 is 18.8 Å². The Kier molecular flexibility index (Phi) is 6.84. The third-order valence-electron chi connectivity index (χ3n) is 4.65. The van der Waals surface area contributed by atoms with Gasteiger partial charge in [-0.25, -0.2) is 0 Å². The first-order valence-electron chi connectivity index (χ1n) is 9.47. The Morgan fingerprint density at radius 1 is 1.07 bits per heavy atom. The topological polar surface area (TPSA) is 86.5 Å². The summed E-state index contributed by atoms with van der Waals surface area (Å²) in [7, 11) is 3.15. The average molecular weight is 395 g/mol. The van der Waals surface area contributed by atoms with Crippen LogP contribution in [-0.2, 0) is 17.6 Å². The highest BCUT2D eigenvalue weighted by atomic mass is 16.5. The van der Waals surface area contributed by atoms with Crippen molar-refractivity contribution >= 4 is 5.91 Å². The molecule has 7 heteroatoms. The fraction of sp³-hybridized carbons (Fsp3) is 0.318. The predicted octanol–water partition coefficient (Wildman–Crippen LogP) is 3.35. The fourth-order valence-corrected chi connectivity index (χ4v) is 2.99. The number of rotatable bonds is 9. The number of carbonyl (C=O) groups is 1. The number of benzene rings is 2. The van der Waals surface area contributed by atoms with Gasteiger partial charge in [0.15, 0.2) is 11.5 Å². The van der Waals surface area contributed by atoms with Crippen molar-refractivity contribution in [3.63, 3.8) is 0 Å². The van der Waals surface area contributed by atoms with E-state index in [-0.39, 0.29) is 5.91 Å². The van der Waals surface area contributed by atoms with Gasteiger partial charge in [-0.2, -0.15) is 4.98 Å². The smallest absolute Gasteiger partial charge is 0.227 e. The number of hydrogen-bond acceptors (Lipinski definition) is 6. The van der Waals surface area contributed by atoms with Crippen LogP contribution < -0.4 is 14.8 Å². The van der Waals surface area contributed by atoms with Gasteiger partial charge in [0.1, 0.15) is 0 Å². The summed E-state index contributed by atoms with van der Waals surface area (Å²) >= 11 is 0. The number of ether oxygens (including phenoxy) is 2. The Labute approximate surface area is 170 Å². The molecule has 7 nitrogen and oxygen atoms in total. The van der Waals surface area contributed by atoms with E-state index in [2.05, 4.69) is 34.5 Å². The summed E-state index contributed by atoms with van der Waals surface area (Å²) in [5.41, 5.74) is 3.22. The second-order valence-corrected chi connectivity index (χ2v) is 6.61. The molecule has 1 heterocycles. The SMILES string of the molecule is COc1ccc(-c2noc(CCC(=O)NCCc3ccccc3C)n2)cc1OC. The minimum atomic E-state index is -0.0375.